The summed E-state index contributed by atoms with van der Waals surface area (Å²) in [6, 6.07) is 23.8. The number of sulfonamides is 1. The molecule has 0 spiro atoms. The molecule has 0 radical (unpaired) electrons. The van der Waals surface area contributed by atoms with Gasteiger partial charge in [0, 0.05) is 36.6 Å². The van der Waals surface area contributed by atoms with Crippen molar-refractivity contribution >= 4 is 26.8 Å². The molecule has 0 fully saturated rings. The molecule has 0 bridgehead atoms. The number of rotatable bonds is 9. The summed E-state index contributed by atoms with van der Waals surface area (Å²) in [5.74, 6) is 0.237. The number of hydrogen-bond acceptors (Lipinski definition) is 4. The lowest BCUT2D eigenvalue weighted by Gasteiger charge is -2.20. The molecule has 4 aromatic rings. The van der Waals surface area contributed by atoms with Crippen LogP contribution < -0.4 is 10.1 Å². The molecular weight excluding hydrogens is 450 g/mol. The average molecular weight is 478 g/mol. The molecule has 34 heavy (non-hydrogen) atoms. The molecule has 0 saturated carbocycles. The number of benzene rings is 3. The maximum absolute atomic E-state index is 12.8. The number of para-hydroxylation sites is 1. The Morgan fingerprint density at radius 3 is 2.38 bits per heavy atom. The maximum atomic E-state index is 12.8. The van der Waals surface area contributed by atoms with Crippen LogP contribution in [0, 0.1) is 0 Å². The second-order valence-corrected chi connectivity index (χ2v) is 10.0. The van der Waals surface area contributed by atoms with Crippen molar-refractivity contribution in [2.45, 2.75) is 10.8 Å². The van der Waals surface area contributed by atoms with E-state index in [1.54, 1.807) is 25.3 Å². The summed E-state index contributed by atoms with van der Waals surface area (Å²) >= 11 is 0. The van der Waals surface area contributed by atoms with E-state index in [0.29, 0.717) is 6.54 Å². The molecule has 2 N–H and O–H groups in total. The molecule has 0 aliphatic heterocycles. The molecule has 1 atom stereocenters. The predicted octanol–water partition coefficient (Wildman–Crippen LogP) is 3.75. The fourth-order valence-electron chi connectivity index (χ4n) is 3.96. The molecule has 0 aliphatic rings. The summed E-state index contributed by atoms with van der Waals surface area (Å²) in [6.07, 6.45) is 1.96. The highest BCUT2D eigenvalue weighted by Gasteiger charge is 2.24. The normalized spacial score (nSPS) is 12.6. The molecule has 3 aromatic carbocycles. The van der Waals surface area contributed by atoms with Crippen molar-refractivity contribution in [2.75, 3.05) is 27.2 Å². The number of amides is 1. The number of aromatic nitrogens is 1. The number of likely N-dealkylation sites (N-methyl/N-ethyl adjacent to an activating group) is 1. The van der Waals surface area contributed by atoms with E-state index >= 15 is 0 Å². The van der Waals surface area contributed by atoms with Gasteiger partial charge in [-0.2, -0.15) is 4.31 Å². The number of carbonyl (C=O) groups excluding carboxylic acids is 1. The largest absolute Gasteiger partial charge is 0.497 e. The number of hydrogen-bond donors (Lipinski definition) is 2. The monoisotopic (exact) mass is 477 g/mol. The van der Waals surface area contributed by atoms with Gasteiger partial charge >= 0.3 is 0 Å². The number of carbonyl (C=O) groups is 1. The van der Waals surface area contributed by atoms with Crippen LogP contribution in [0.5, 0.6) is 5.75 Å². The topological polar surface area (TPSA) is 91.5 Å². The minimum atomic E-state index is -3.75. The number of nitrogens with one attached hydrogen (secondary N) is 2. The third-order valence-corrected chi connectivity index (χ3v) is 7.65. The Kier molecular flexibility index (Phi) is 7.00. The van der Waals surface area contributed by atoms with Crippen LogP contribution in [0.3, 0.4) is 0 Å². The third kappa shape index (κ3) is 4.98. The van der Waals surface area contributed by atoms with Crippen molar-refractivity contribution in [3.05, 3.63) is 96.2 Å². The third-order valence-electron chi connectivity index (χ3n) is 5.84. The van der Waals surface area contributed by atoms with E-state index in [-0.39, 0.29) is 23.3 Å². The summed E-state index contributed by atoms with van der Waals surface area (Å²) in [7, 11) is -0.728. The van der Waals surface area contributed by atoms with E-state index in [1.165, 1.54) is 19.2 Å². The molecule has 1 aromatic heterocycles. The molecule has 1 amide bonds. The summed E-state index contributed by atoms with van der Waals surface area (Å²) in [6.45, 7) is 0.0344. The van der Waals surface area contributed by atoms with Crippen LogP contribution in [0.2, 0.25) is 0 Å². The Bertz CT molecular complexity index is 1370. The van der Waals surface area contributed by atoms with Gasteiger partial charge in [0.2, 0.25) is 15.9 Å². The summed E-state index contributed by atoms with van der Waals surface area (Å²) in [5.41, 5.74) is 3.07. The van der Waals surface area contributed by atoms with E-state index < -0.39 is 10.0 Å². The Labute approximate surface area is 199 Å². The summed E-state index contributed by atoms with van der Waals surface area (Å²) in [4.78, 5) is 16.2. The predicted molar refractivity (Wildman–Crippen MR) is 132 cm³/mol. The maximum Gasteiger partial charge on any atom is 0.243 e. The van der Waals surface area contributed by atoms with E-state index in [1.807, 2.05) is 54.7 Å². The van der Waals surface area contributed by atoms with Crippen LogP contribution in [0.4, 0.5) is 0 Å². The van der Waals surface area contributed by atoms with Gasteiger partial charge in [0.15, 0.2) is 0 Å². The highest BCUT2D eigenvalue weighted by atomic mass is 32.2. The number of aromatic amines is 1. The molecular formula is C26H27N3O4S. The van der Waals surface area contributed by atoms with Gasteiger partial charge in [-0.1, -0.05) is 48.5 Å². The number of methoxy groups -OCH3 is 1. The van der Waals surface area contributed by atoms with Gasteiger partial charge in [0.1, 0.15) is 5.75 Å². The highest BCUT2D eigenvalue weighted by molar-refractivity contribution is 7.89. The van der Waals surface area contributed by atoms with Gasteiger partial charge in [0.05, 0.1) is 18.6 Å². The molecule has 0 saturated heterocycles. The quantitative estimate of drug-likeness (QED) is 0.384. The number of H-pyrrole nitrogens is 1. The molecule has 7 nitrogen and oxygen atoms in total. The van der Waals surface area contributed by atoms with Crippen LogP contribution in [0.15, 0.2) is 90.0 Å². The second-order valence-electron chi connectivity index (χ2n) is 7.99. The van der Waals surface area contributed by atoms with Crippen molar-refractivity contribution < 1.29 is 17.9 Å². The molecule has 0 aliphatic carbocycles. The zero-order chi connectivity index (χ0) is 24.1. The second kappa shape index (κ2) is 10.1. The number of nitrogens with zero attached hydrogens (tertiary/aromatic N) is 1. The number of fused-ring (bicyclic) bond motifs is 1. The fraction of sp³-hybridized carbons (Fsp3) is 0.192. The lowest BCUT2D eigenvalue weighted by atomic mass is 9.91. The fourth-order valence-corrected chi connectivity index (χ4v) is 5.11. The molecule has 1 heterocycles. The van der Waals surface area contributed by atoms with Crippen LogP contribution >= 0.6 is 0 Å². The van der Waals surface area contributed by atoms with Crippen LogP contribution in [0.25, 0.3) is 10.9 Å². The zero-order valence-corrected chi connectivity index (χ0v) is 19.9. The first-order valence-electron chi connectivity index (χ1n) is 10.9. The van der Waals surface area contributed by atoms with E-state index in [0.717, 1.165) is 32.1 Å². The van der Waals surface area contributed by atoms with Gasteiger partial charge < -0.3 is 15.0 Å². The zero-order valence-electron chi connectivity index (χ0n) is 19.1. The first kappa shape index (κ1) is 23.5. The SMILES string of the molecule is COc1ccc(C(CNC(=O)CN(C)S(=O)(=O)c2ccccc2)c2c[nH]c3ccccc23)cc1. The molecule has 4 rings (SSSR count). The van der Waals surface area contributed by atoms with Crippen molar-refractivity contribution in [3.8, 4) is 5.75 Å². The Morgan fingerprint density at radius 1 is 1.00 bits per heavy atom. The summed E-state index contributed by atoms with van der Waals surface area (Å²) in [5, 5.41) is 4.00. The average Bonchev–Trinajstić information content (AvgIpc) is 3.29. The first-order chi connectivity index (χ1) is 16.4. The van der Waals surface area contributed by atoms with Gasteiger partial charge in [-0.3, -0.25) is 4.79 Å². The minimum Gasteiger partial charge on any atom is -0.497 e. The van der Waals surface area contributed by atoms with Crippen molar-refractivity contribution in [3.63, 3.8) is 0 Å². The number of ether oxygens (including phenoxy) is 1. The minimum absolute atomic E-state index is 0.137. The van der Waals surface area contributed by atoms with Gasteiger partial charge in [-0.05, 0) is 41.5 Å². The van der Waals surface area contributed by atoms with Gasteiger partial charge in [-0.25, -0.2) is 8.42 Å². The van der Waals surface area contributed by atoms with Crippen molar-refractivity contribution in [1.82, 2.24) is 14.6 Å². The van der Waals surface area contributed by atoms with E-state index in [9.17, 15) is 13.2 Å². The van der Waals surface area contributed by atoms with E-state index in [2.05, 4.69) is 10.3 Å². The van der Waals surface area contributed by atoms with Crippen LogP contribution in [-0.4, -0.2) is 50.9 Å². The van der Waals surface area contributed by atoms with Gasteiger partial charge in [0.25, 0.3) is 0 Å². The van der Waals surface area contributed by atoms with Crippen LogP contribution in [0.1, 0.15) is 17.0 Å². The van der Waals surface area contributed by atoms with E-state index in [4.69, 9.17) is 4.74 Å². The molecule has 176 valence electrons. The van der Waals surface area contributed by atoms with Crippen LogP contribution in [-0.2, 0) is 14.8 Å². The lowest BCUT2D eigenvalue weighted by Crippen LogP contribution is -2.39. The smallest absolute Gasteiger partial charge is 0.243 e. The van der Waals surface area contributed by atoms with Crippen molar-refractivity contribution in [2.24, 2.45) is 0 Å². The Morgan fingerprint density at radius 2 is 1.68 bits per heavy atom. The Hall–Kier alpha value is -3.62. The molecule has 1 unspecified atom stereocenters. The lowest BCUT2D eigenvalue weighted by molar-refractivity contribution is -0.121. The van der Waals surface area contributed by atoms with Crippen molar-refractivity contribution in [1.29, 1.82) is 0 Å². The first-order valence-corrected chi connectivity index (χ1v) is 12.3. The van der Waals surface area contributed by atoms with Gasteiger partial charge in [-0.15, -0.1) is 0 Å². The summed E-state index contributed by atoms with van der Waals surface area (Å²) < 4.78 is 31.8. The Balaban J connectivity index is 1.53. The molecule has 8 heteroatoms. The highest BCUT2D eigenvalue weighted by Crippen LogP contribution is 2.31. The standard InChI is InChI=1S/C26H27N3O4S/c1-29(34(31,32)21-8-4-3-5-9-21)18-26(30)28-16-23(19-12-14-20(33-2)15-13-19)24-17-27-25-11-7-6-10-22(24)25/h3-15,17,23,27H,16,18H2,1-2H3,(H,28,30).